The Kier molecular flexibility index (Phi) is 4.25. The van der Waals surface area contributed by atoms with E-state index in [1.54, 1.807) is 19.2 Å². The van der Waals surface area contributed by atoms with Gasteiger partial charge in [0, 0.05) is 6.26 Å². The summed E-state index contributed by atoms with van der Waals surface area (Å²) in [6, 6.07) is 5.53. The lowest BCUT2D eigenvalue weighted by molar-refractivity contribution is -0.143. The zero-order valence-electron chi connectivity index (χ0n) is 9.93. The predicted molar refractivity (Wildman–Crippen MR) is 63.4 cm³/mol. The van der Waals surface area contributed by atoms with E-state index in [2.05, 4.69) is 10.1 Å². The van der Waals surface area contributed by atoms with Gasteiger partial charge < -0.3 is 10.1 Å². The van der Waals surface area contributed by atoms with Crippen molar-refractivity contribution in [3.63, 3.8) is 0 Å². The first-order chi connectivity index (χ1) is 7.90. The van der Waals surface area contributed by atoms with Crippen LogP contribution < -0.4 is 5.32 Å². The molecule has 1 unspecified atom stereocenters. The van der Waals surface area contributed by atoms with Crippen LogP contribution in [0.5, 0.6) is 0 Å². The molecule has 0 fully saturated rings. The Labute approximate surface area is 101 Å². The van der Waals surface area contributed by atoms with E-state index >= 15 is 0 Å². The van der Waals surface area contributed by atoms with Gasteiger partial charge in [0.25, 0.3) is 0 Å². The Morgan fingerprint density at radius 1 is 1.29 bits per heavy atom. The molecule has 0 aromatic heterocycles. The highest BCUT2D eigenvalue weighted by molar-refractivity contribution is 7.90. The zero-order valence-corrected chi connectivity index (χ0v) is 10.7. The lowest BCUT2D eigenvalue weighted by atomic mass is 10.1. The normalized spacial score (nSPS) is 13.1. The van der Waals surface area contributed by atoms with Gasteiger partial charge in [-0.3, -0.25) is 0 Å². The van der Waals surface area contributed by atoms with Crippen molar-refractivity contribution >= 4 is 15.8 Å². The number of carbonyl (C=O) groups excluding carboxylic acids is 1. The predicted octanol–water partition coefficient (Wildman–Crippen LogP) is 0.524. The van der Waals surface area contributed by atoms with Crippen molar-refractivity contribution in [3.05, 3.63) is 29.8 Å². The molecule has 0 aliphatic carbocycles. The monoisotopic (exact) mass is 257 g/mol. The molecule has 0 amide bonds. The van der Waals surface area contributed by atoms with Gasteiger partial charge in [-0.25, -0.2) is 13.2 Å². The second-order valence-corrected chi connectivity index (χ2v) is 5.60. The van der Waals surface area contributed by atoms with Gasteiger partial charge in [0.1, 0.15) is 6.04 Å². The van der Waals surface area contributed by atoms with Crippen LogP contribution >= 0.6 is 0 Å². The van der Waals surface area contributed by atoms with E-state index in [1.165, 1.54) is 19.2 Å². The van der Waals surface area contributed by atoms with E-state index in [1.807, 2.05) is 0 Å². The van der Waals surface area contributed by atoms with Crippen molar-refractivity contribution in [2.24, 2.45) is 0 Å². The third kappa shape index (κ3) is 3.28. The van der Waals surface area contributed by atoms with E-state index < -0.39 is 21.8 Å². The quantitative estimate of drug-likeness (QED) is 0.796. The maximum absolute atomic E-state index is 11.4. The summed E-state index contributed by atoms with van der Waals surface area (Å²) in [6.07, 6.45) is 1.14. The van der Waals surface area contributed by atoms with Crippen molar-refractivity contribution < 1.29 is 17.9 Å². The Morgan fingerprint density at radius 3 is 2.18 bits per heavy atom. The van der Waals surface area contributed by atoms with E-state index in [0.717, 1.165) is 6.26 Å². The zero-order chi connectivity index (χ0) is 13.1. The second kappa shape index (κ2) is 5.29. The van der Waals surface area contributed by atoms with Crippen LogP contribution in [0.4, 0.5) is 0 Å². The smallest absolute Gasteiger partial charge is 0.327 e. The van der Waals surface area contributed by atoms with Crippen molar-refractivity contribution in [1.82, 2.24) is 5.32 Å². The van der Waals surface area contributed by atoms with E-state index in [4.69, 9.17) is 0 Å². The Hall–Kier alpha value is -1.40. The van der Waals surface area contributed by atoms with E-state index in [9.17, 15) is 13.2 Å². The molecular formula is C11H15NO4S. The molecule has 0 aliphatic heterocycles. The van der Waals surface area contributed by atoms with Crippen LogP contribution in [0.2, 0.25) is 0 Å². The number of carbonyl (C=O) groups is 1. The number of likely N-dealkylation sites (N-methyl/N-ethyl adjacent to an activating group) is 1. The van der Waals surface area contributed by atoms with Crippen LogP contribution in [0, 0.1) is 0 Å². The summed E-state index contributed by atoms with van der Waals surface area (Å²) in [6.45, 7) is 0. The summed E-state index contributed by atoms with van der Waals surface area (Å²) in [4.78, 5) is 11.6. The molecule has 94 valence electrons. The fourth-order valence-corrected chi connectivity index (χ4v) is 2.08. The van der Waals surface area contributed by atoms with Crippen molar-refractivity contribution in [3.8, 4) is 0 Å². The van der Waals surface area contributed by atoms with Gasteiger partial charge >= 0.3 is 5.97 Å². The lowest BCUT2D eigenvalue weighted by Gasteiger charge is -2.14. The molecule has 0 aliphatic rings. The lowest BCUT2D eigenvalue weighted by Crippen LogP contribution is -2.26. The number of sulfone groups is 1. The number of esters is 1. The van der Waals surface area contributed by atoms with Gasteiger partial charge in [-0.2, -0.15) is 0 Å². The fourth-order valence-electron chi connectivity index (χ4n) is 1.45. The minimum absolute atomic E-state index is 0.223. The first kappa shape index (κ1) is 13.7. The molecule has 0 spiro atoms. The summed E-state index contributed by atoms with van der Waals surface area (Å²) in [5, 5.41) is 2.80. The average Bonchev–Trinajstić information content (AvgIpc) is 2.29. The molecule has 1 rings (SSSR count). The third-order valence-corrected chi connectivity index (χ3v) is 3.50. The van der Waals surface area contributed by atoms with E-state index in [0.29, 0.717) is 5.56 Å². The maximum atomic E-state index is 11.4. The van der Waals surface area contributed by atoms with Crippen LogP contribution in [0.3, 0.4) is 0 Å². The van der Waals surface area contributed by atoms with Gasteiger partial charge in [-0.15, -0.1) is 0 Å². The molecule has 1 aromatic carbocycles. The van der Waals surface area contributed by atoms with Gasteiger partial charge in [-0.1, -0.05) is 12.1 Å². The highest BCUT2D eigenvalue weighted by Crippen LogP contribution is 2.17. The number of rotatable bonds is 4. The molecule has 1 atom stereocenters. The van der Waals surface area contributed by atoms with Gasteiger partial charge in [0.05, 0.1) is 12.0 Å². The number of nitrogens with one attached hydrogen (secondary N) is 1. The average molecular weight is 257 g/mol. The van der Waals surface area contributed by atoms with Crippen molar-refractivity contribution in [1.29, 1.82) is 0 Å². The highest BCUT2D eigenvalue weighted by Gasteiger charge is 2.19. The number of methoxy groups -OCH3 is 1. The van der Waals surface area contributed by atoms with Crippen molar-refractivity contribution in [2.45, 2.75) is 10.9 Å². The summed E-state index contributed by atoms with van der Waals surface area (Å²) in [7, 11) is -0.280. The number of hydrogen-bond acceptors (Lipinski definition) is 5. The van der Waals surface area contributed by atoms with Crippen LogP contribution in [0.15, 0.2) is 29.2 Å². The second-order valence-electron chi connectivity index (χ2n) is 3.59. The van der Waals surface area contributed by atoms with E-state index in [-0.39, 0.29) is 4.90 Å². The molecule has 5 nitrogen and oxygen atoms in total. The number of hydrogen-bond donors (Lipinski definition) is 1. The highest BCUT2D eigenvalue weighted by atomic mass is 32.2. The van der Waals surface area contributed by atoms with Gasteiger partial charge in [0.15, 0.2) is 9.84 Å². The molecule has 0 saturated carbocycles. The molecule has 0 saturated heterocycles. The Bertz CT molecular complexity index is 493. The Balaban J connectivity index is 3.05. The third-order valence-electron chi connectivity index (χ3n) is 2.37. The van der Waals surface area contributed by atoms with Gasteiger partial charge in [0.2, 0.25) is 0 Å². The van der Waals surface area contributed by atoms with Crippen LogP contribution in [0.25, 0.3) is 0 Å². The topological polar surface area (TPSA) is 72.5 Å². The Morgan fingerprint density at radius 2 is 1.82 bits per heavy atom. The molecule has 0 heterocycles. The minimum Gasteiger partial charge on any atom is -0.468 e. The molecule has 1 aromatic rings. The standard InChI is InChI=1S/C11H15NO4S/c1-12-10(11(13)16-2)8-4-6-9(7-5-8)17(3,14)15/h4-7,10,12H,1-3H3. The van der Waals surface area contributed by atoms with Crippen LogP contribution in [-0.4, -0.2) is 34.8 Å². The number of ether oxygens (including phenoxy) is 1. The maximum Gasteiger partial charge on any atom is 0.327 e. The van der Waals surface area contributed by atoms with Crippen LogP contribution in [0.1, 0.15) is 11.6 Å². The van der Waals surface area contributed by atoms with Crippen molar-refractivity contribution in [2.75, 3.05) is 20.4 Å². The first-order valence-corrected chi connectivity index (χ1v) is 6.84. The summed E-state index contributed by atoms with van der Waals surface area (Å²) >= 11 is 0. The molecule has 0 radical (unpaired) electrons. The largest absolute Gasteiger partial charge is 0.468 e. The summed E-state index contributed by atoms with van der Waals surface area (Å²) < 4.78 is 27.2. The molecule has 6 heteroatoms. The molecular weight excluding hydrogens is 242 g/mol. The van der Waals surface area contributed by atoms with Crippen LogP contribution in [-0.2, 0) is 19.4 Å². The minimum atomic E-state index is -3.21. The summed E-state index contributed by atoms with van der Waals surface area (Å²) in [5.74, 6) is -0.417. The SMILES string of the molecule is CNC(C(=O)OC)c1ccc(S(C)(=O)=O)cc1. The molecule has 17 heavy (non-hydrogen) atoms. The summed E-state index contributed by atoms with van der Waals surface area (Å²) in [5.41, 5.74) is 0.659. The number of benzene rings is 1. The van der Waals surface area contributed by atoms with Gasteiger partial charge in [-0.05, 0) is 24.7 Å². The molecule has 1 N–H and O–H groups in total. The fraction of sp³-hybridized carbons (Fsp3) is 0.364. The molecule has 0 bridgehead atoms. The first-order valence-electron chi connectivity index (χ1n) is 4.95.